The van der Waals surface area contributed by atoms with Crippen molar-refractivity contribution in [1.29, 1.82) is 0 Å². The van der Waals surface area contributed by atoms with Gasteiger partial charge in [0.25, 0.3) is 0 Å². The number of ketones is 1. The van der Waals surface area contributed by atoms with Crippen molar-refractivity contribution in [3.05, 3.63) is 64.7 Å². The van der Waals surface area contributed by atoms with Crippen molar-refractivity contribution in [1.82, 2.24) is 10.3 Å². The zero-order valence-corrected chi connectivity index (χ0v) is 14.6. The number of aromatic nitrogens is 1. The highest BCUT2D eigenvalue weighted by Crippen LogP contribution is 2.22. The van der Waals surface area contributed by atoms with E-state index < -0.39 is 0 Å². The number of nitrogens with zero attached hydrogens (tertiary/aromatic N) is 2. The Morgan fingerprint density at radius 2 is 2.20 bits per heavy atom. The fraction of sp³-hybridized carbons (Fsp3) is 0.350. The summed E-state index contributed by atoms with van der Waals surface area (Å²) in [5.74, 6) is 0.701. The molecule has 4 nitrogen and oxygen atoms in total. The van der Waals surface area contributed by atoms with Crippen LogP contribution in [0.5, 0.6) is 0 Å². The molecule has 0 amide bonds. The lowest BCUT2D eigenvalue weighted by Crippen LogP contribution is -2.22. The van der Waals surface area contributed by atoms with Crippen molar-refractivity contribution >= 4 is 11.6 Å². The fourth-order valence-corrected chi connectivity index (χ4v) is 3.10. The van der Waals surface area contributed by atoms with Crippen LogP contribution in [-0.2, 0) is 17.8 Å². The molecule has 3 rings (SSSR count). The lowest BCUT2D eigenvalue weighted by Gasteiger charge is -2.11. The van der Waals surface area contributed by atoms with E-state index in [1.807, 2.05) is 26.0 Å². The summed E-state index contributed by atoms with van der Waals surface area (Å²) in [5, 5.41) is 3.22. The van der Waals surface area contributed by atoms with Crippen molar-refractivity contribution in [2.45, 2.75) is 39.2 Å². The summed E-state index contributed by atoms with van der Waals surface area (Å²) in [6, 6.07) is 8.40. The van der Waals surface area contributed by atoms with Gasteiger partial charge in [0.05, 0.1) is 6.54 Å². The van der Waals surface area contributed by atoms with Crippen molar-refractivity contribution in [3.63, 3.8) is 0 Å². The second kappa shape index (κ2) is 7.55. The third-order valence-electron chi connectivity index (χ3n) is 4.38. The van der Waals surface area contributed by atoms with Gasteiger partial charge in [0.15, 0.2) is 0 Å². The average Bonchev–Trinajstić information content (AvgIpc) is 2.97. The van der Waals surface area contributed by atoms with Crippen LogP contribution in [0.3, 0.4) is 0 Å². The summed E-state index contributed by atoms with van der Waals surface area (Å²) < 4.78 is 13.3. The van der Waals surface area contributed by atoms with Gasteiger partial charge in [0.2, 0.25) is 0 Å². The van der Waals surface area contributed by atoms with E-state index in [0.717, 1.165) is 34.8 Å². The van der Waals surface area contributed by atoms with Crippen LogP contribution in [0.1, 0.15) is 48.6 Å². The zero-order valence-electron chi connectivity index (χ0n) is 14.6. The van der Waals surface area contributed by atoms with E-state index >= 15 is 0 Å². The van der Waals surface area contributed by atoms with Gasteiger partial charge in [0.1, 0.15) is 17.4 Å². The van der Waals surface area contributed by atoms with Gasteiger partial charge in [-0.05, 0) is 42.2 Å². The molecule has 1 aromatic carbocycles. The van der Waals surface area contributed by atoms with E-state index in [1.54, 1.807) is 12.3 Å². The highest BCUT2D eigenvalue weighted by molar-refractivity contribution is 6.01. The molecule has 0 saturated heterocycles. The predicted molar refractivity (Wildman–Crippen MR) is 96.3 cm³/mol. The Morgan fingerprint density at radius 3 is 2.96 bits per heavy atom. The van der Waals surface area contributed by atoms with Crippen molar-refractivity contribution < 1.29 is 9.18 Å². The smallest absolute Gasteiger partial charge is 0.139 e. The van der Waals surface area contributed by atoms with Gasteiger partial charge >= 0.3 is 0 Å². The third kappa shape index (κ3) is 4.10. The van der Waals surface area contributed by atoms with Crippen LogP contribution in [0.25, 0.3) is 0 Å². The van der Waals surface area contributed by atoms with Crippen LogP contribution >= 0.6 is 0 Å². The zero-order chi connectivity index (χ0) is 17.8. The predicted octanol–water partition coefficient (Wildman–Crippen LogP) is 3.40. The van der Waals surface area contributed by atoms with Crippen LogP contribution in [-0.4, -0.2) is 23.1 Å². The van der Waals surface area contributed by atoms with Gasteiger partial charge in [-0.1, -0.05) is 19.1 Å². The Hall–Kier alpha value is -2.56. The normalized spacial score (nSPS) is 14.0. The van der Waals surface area contributed by atoms with E-state index in [0.29, 0.717) is 19.4 Å². The molecule has 0 saturated carbocycles. The highest BCUT2D eigenvalue weighted by Gasteiger charge is 2.18. The Kier molecular flexibility index (Phi) is 5.22. The number of halogens is 1. The van der Waals surface area contributed by atoms with Crippen LogP contribution in [0.15, 0.2) is 41.5 Å². The second-order valence-corrected chi connectivity index (χ2v) is 6.40. The molecule has 5 heteroatoms. The number of hydrogen-bond acceptors (Lipinski definition) is 4. The minimum atomic E-state index is -0.270. The van der Waals surface area contributed by atoms with E-state index in [2.05, 4.69) is 15.3 Å². The Balaban J connectivity index is 1.62. The van der Waals surface area contributed by atoms with Gasteiger partial charge < -0.3 is 5.32 Å². The first-order valence-electron chi connectivity index (χ1n) is 8.60. The number of hydrogen-bond donors (Lipinski definition) is 1. The van der Waals surface area contributed by atoms with Gasteiger partial charge in [-0.25, -0.2) is 4.39 Å². The van der Waals surface area contributed by atoms with E-state index in [-0.39, 0.29) is 17.5 Å². The van der Waals surface area contributed by atoms with Gasteiger partial charge in [-0.2, -0.15) is 0 Å². The van der Waals surface area contributed by atoms with E-state index in [9.17, 15) is 9.18 Å². The standard InChI is InChI=1S/C20H22FN3O/c1-3-22-20-19-12-23-17(9-15(19)11-24-20)10-18(25)7-13(2)14-5-4-6-16(21)8-14/h4-6,8-9,12-13H,3,7,10-11H2,1-2H3,(H,22,24)/t13-/m0/s1. The lowest BCUT2D eigenvalue weighted by atomic mass is 9.94. The number of fused-ring (bicyclic) bond motifs is 1. The molecule has 1 aliphatic heterocycles. The number of carbonyl (C=O) groups is 1. The molecule has 2 aromatic rings. The maximum atomic E-state index is 13.3. The minimum Gasteiger partial charge on any atom is -0.370 e. The molecule has 130 valence electrons. The van der Waals surface area contributed by atoms with Gasteiger partial charge in [0, 0.05) is 36.8 Å². The first kappa shape index (κ1) is 17.3. The van der Waals surface area contributed by atoms with Gasteiger partial charge in [-0.15, -0.1) is 0 Å². The second-order valence-electron chi connectivity index (χ2n) is 6.40. The quantitative estimate of drug-likeness (QED) is 0.878. The van der Waals surface area contributed by atoms with Crippen molar-refractivity contribution in [2.24, 2.45) is 4.99 Å². The molecule has 25 heavy (non-hydrogen) atoms. The number of nitrogens with one attached hydrogen (secondary N) is 1. The summed E-state index contributed by atoms with van der Waals surface area (Å²) in [4.78, 5) is 21.2. The van der Waals surface area contributed by atoms with Crippen LogP contribution < -0.4 is 5.32 Å². The Morgan fingerprint density at radius 1 is 1.36 bits per heavy atom. The summed E-state index contributed by atoms with van der Waals surface area (Å²) in [6.45, 7) is 5.41. The molecule has 1 atom stereocenters. The average molecular weight is 339 g/mol. The maximum Gasteiger partial charge on any atom is 0.139 e. The Labute approximate surface area is 147 Å². The fourth-order valence-electron chi connectivity index (χ4n) is 3.10. The molecule has 1 N–H and O–H groups in total. The first-order valence-corrected chi connectivity index (χ1v) is 8.60. The van der Waals surface area contributed by atoms with Crippen LogP contribution in [0.4, 0.5) is 4.39 Å². The number of carbonyl (C=O) groups excluding carboxylic acids is 1. The van der Waals surface area contributed by atoms with Crippen LogP contribution in [0, 0.1) is 5.82 Å². The molecule has 2 heterocycles. The molecule has 1 aromatic heterocycles. The summed E-state index contributed by atoms with van der Waals surface area (Å²) in [7, 11) is 0. The molecule has 0 fully saturated rings. The summed E-state index contributed by atoms with van der Waals surface area (Å²) >= 11 is 0. The van der Waals surface area contributed by atoms with Crippen molar-refractivity contribution in [3.8, 4) is 0 Å². The number of pyridine rings is 1. The molecule has 0 bridgehead atoms. The molecular formula is C20H22FN3O. The number of benzene rings is 1. The monoisotopic (exact) mass is 339 g/mol. The van der Waals surface area contributed by atoms with Crippen LogP contribution in [0.2, 0.25) is 0 Å². The largest absolute Gasteiger partial charge is 0.370 e. The first-order chi connectivity index (χ1) is 12.1. The summed E-state index contributed by atoms with van der Waals surface area (Å²) in [6.07, 6.45) is 2.47. The highest BCUT2D eigenvalue weighted by atomic mass is 19.1. The third-order valence-corrected chi connectivity index (χ3v) is 4.38. The number of aliphatic imine (C=N–C) groups is 1. The lowest BCUT2D eigenvalue weighted by molar-refractivity contribution is -0.118. The molecule has 0 spiro atoms. The topological polar surface area (TPSA) is 54.4 Å². The molecule has 0 aliphatic carbocycles. The van der Waals surface area contributed by atoms with E-state index in [1.165, 1.54) is 12.1 Å². The Bertz CT molecular complexity index is 816. The van der Waals surface area contributed by atoms with Gasteiger partial charge in [-0.3, -0.25) is 14.8 Å². The molecule has 0 radical (unpaired) electrons. The maximum absolute atomic E-state index is 13.3. The van der Waals surface area contributed by atoms with E-state index in [4.69, 9.17) is 0 Å². The summed E-state index contributed by atoms with van der Waals surface area (Å²) in [5.41, 5.74) is 3.74. The molecule has 1 aliphatic rings. The number of Topliss-reactive ketones (excluding diaryl/α,β-unsaturated/α-hetero) is 1. The number of rotatable bonds is 6. The number of amidine groups is 1. The molecule has 0 unspecified atom stereocenters. The SMILES string of the molecule is CCNC1=NCc2cc(CC(=O)C[C@H](C)c3cccc(F)c3)ncc21. The van der Waals surface area contributed by atoms with Crippen molar-refractivity contribution in [2.75, 3.05) is 6.54 Å². The minimum absolute atomic E-state index is 0.0127. The molecular weight excluding hydrogens is 317 g/mol.